The second kappa shape index (κ2) is 6.25. The molecule has 4 heteroatoms. The smallest absolute Gasteiger partial charge is 0.0723 e. The van der Waals surface area contributed by atoms with Gasteiger partial charge in [-0.1, -0.05) is 13.0 Å². The largest absolute Gasteiger partial charge is 0.375 e. The van der Waals surface area contributed by atoms with Crippen LogP contribution in [0.3, 0.4) is 0 Å². The van der Waals surface area contributed by atoms with Crippen LogP contribution in [-0.2, 0) is 4.74 Å². The summed E-state index contributed by atoms with van der Waals surface area (Å²) in [5, 5.41) is 0. The van der Waals surface area contributed by atoms with E-state index in [0.717, 1.165) is 29.6 Å². The minimum atomic E-state index is 0.0657. The number of anilines is 1. The van der Waals surface area contributed by atoms with Crippen LogP contribution in [-0.4, -0.2) is 25.3 Å². The van der Waals surface area contributed by atoms with Crippen LogP contribution in [0.4, 0.5) is 5.69 Å². The van der Waals surface area contributed by atoms with E-state index < -0.39 is 0 Å². The molecule has 1 aromatic carbocycles. The fourth-order valence-corrected chi connectivity index (χ4v) is 3.14. The normalized spacial score (nSPS) is 25.4. The van der Waals surface area contributed by atoms with E-state index in [4.69, 9.17) is 10.5 Å². The lowest BCUT2D eigenvalue weighted by Gasteiger charge is -2.40. The summed E-state index contributed by atoms with van der Waals surface area (Å²) in [7, 11) is 0. The van der Waals surface area contributed by atoms with Crippen molar-refractivity contribution in [1.29, 1.82) is 0 Å². The maximum atomic E-state index is 5.93. The van der Waals surface area contributed by atoms with Crippen molar-refractivity contribution in [3.8, 4) is 0 Å². The van der Waals surface area contributed by atoms with Gasteiger partial charge in [0.05, 0.1) is 24.4 Å². The van der Waals surface area contributed by atoms with Gasteiger partial charge in [-0.3, -0.25) is 0 Å². The van der Waals surface area contributed by atoms with Crippen LogP contribution in [0.1, 0.15) is 38.8 Å². The number of nitrogens with zero attached hydrogens (tertiary/aromatic N) is 1. The van der Waals surface area contributed by atoms with E-state index in [1.54, 1.807) is 0 Å². The third-order valence-electron chi connectivity index (χ3n) is 3.75. The molecule has 1 heterocycles. The van der Waals surface area contributed by atoms with E-state index in [1.165, 1.54) is 5.69 Å². The first kappa shape index (κ1) is 14.8. The van der Waals surface area contributed by atoms with Crippen molar-refractivity contribution in [2.45, 2.75) is 45.4 Å². The van der Waals surface area contributed by atoms with E-state index in [1.807, 2.05) is 6.92 Å². The molecule has 3 atom stereocenters. The molecule has 0 bridgehead atoms. The van der Waals surface area contributed by atoms with Crippen molar-refractivity contribution < 1.29 is 4.74 Å². The summed E-state index contributed by atoms with van der Waals surface area (Å²) in [5.41, 5.74) is 8.33. The van der Waals surface area contributed by atoms with Gasteiger partial charge in [0.25, 0.3) is 0 Å². The lowest BCUT2D eigenvalue weighted by atomic mass is 10.1. The van der Waals surface area contributed by atoms with Crippen LogP contribution in [0.5, 0.6) is 0 Å². The predicted octanol–water partition coefficient (Wildman–Crippen LogP) is 3.47. The molecule has 2 rings (SSSR count). The third kappa shape index (κ3) is 3.30. The van der Waals surface area contributed by atoms with Gasteiger partial charge in [-0.2, -0.15) is 0 Å². The molecule has 1 saturated heterocycles. The van der Waals surface area contributed by atoms with E-state index in [0.29, 0.717) is 6.04 Å². The molecule has 0 radical (unpaired) electrons. The topological polar surface area (TPSA) is 38.5 Å². The highest BCUT2D eigenvalue weighted by Gasteiger charge is 2.27. The van der Waals surface area contributed by atoms with Gasteiger partial charge in [-0.25, -0.2) is 0 Å². The third-order valence-corrected chi connectivity index (χ3v) is 4.38. The van der Waals surface area contributed by atoms with Gasteiger partial charge in [-0.15, -0.1) is 0 Å². The second-order valence-corrected chi connectivity index (χ2v) is 6.21. The van der Waals surface area contributed by atoms with E-state index in [9.17, 15) is 0 Å². The molecule has 19 heavy (non-hydrogen) atoms. The Morgan fingerprint density at radius 3 is 2.84 bits per heavy atom. The van der Waals surface area contributed by atoms with Crippen molar-refractivity contribution >= 4 is 21.6 Å². The summed E-state index contributed by atoms with van der Waals surface area (Å²) >= 11 is 3.69. The Balaban J connectivity index is 2.28. The molecule has 1 aliphatic heterocycles. The zero-order valence-corrected chi connectivity index (χ0v) is 13.5. The molecule has 0 amide bonds. The summed E-state index contributed by atoms with van der Waals surface area (Å²) in [6, 6.07) is 6.94. The van der Waals surface area contributed by atoms with Crippen LogP contribution in [0.15, 0.2) is 22.7 Å². The summed E-state index contributed by atoms with van der Waals surface area (Å²) in [6.07, 6.45) is 1.37. The summed E-state index contributed by atoms with van der Waals surface area (Å²) in [5.74, 6) is 0. The Morgan fingerprint density at radius 2 is 2.26 bits per heavy atom. The molecule has 0 aliphatic carbocycles. The van der Waals surface area contributed by atoms with Gasteiger partial charge in [0.15, 0.2) is 0 Å². The fraction of sp³-hybridized carbons (Fsp3) is 0.600. The molecule has 1 aromatic rings. The molecular formula is C15H23BrN2O. The minimum Gasteiger partial charge on any atom is -0.375 e. The Hall–Kier alpha value is -0.580. The number of hydrogen-bond donors (Lipinski definition) is 1. The molecule has 1 aliphatic rings. The Morgan fingerprint density at radius 1 is 1.53 bits per heavy atom. The molecule has 2 N–H and O–H groups in total. The number of ether oxygens (including phenoxy) is 1. The van der Waals surface area contributed by atoms with Crippen LogP contribution in [0, 0.1) is 0 Å². The van der Waals surface area contributed by atoms with Gasteiger partial charge in [0.2, 0.25) is 0 Å². The SMILES string of the molecule is CCC1COC(C)CN1c1ccc([C@H](C)N)cc1Br. The predicted molar refractivity (Wildman–Crippen MR) is 83.6 cm³/mol. The minimum absolute atomic E-state index is 0.0657. The first-order valence-corrected chi connectivity index (χ1v) is 7.75. The number of halogens is 1. The average molecular weight is 327 g/mol. The number of hydrogen-bond acceptors (Lipinski definition) is 3. The Kier molecular flexibility index (Phi) is 4.87. The summed E-state index contributed by atoms with van der Waals surface area (Å²) < 4.78 is 6.88. The Labute approximate surface area is 124 Å². The van der Waals surface area contributed by atoms with Crippen molar-refractivity contribution in [3.05, 3.63) is 28.2 Å². The van der Waals surface area contributed by atoms with Gasteiger partial charge in [0.1, 0.15) is 0 Å². The monoisotopic (exact) mass is 326 g/mol. The zero-order chi connectivity index (χ0) is 14.0. The maximum absolute atomic E-state index is 5.93. The average Bonchev–Trinajstić information content (AvgIpc) is 2.38. The first-order chi connectivity index (χ1) is 9.02. The van der Waals surface area contributed by atoms with E-state index >= 15 is 0 Å². The maximum Gasteiger partial charge on any atom is 0.0723 e. The summed E-state index contributed by atoms with van der Waals surface area (Å²) in [4.78, 5) is 2.45. The zero-order valence-electron chi connectivity index (χ0n) is 11.9. The highest BCUT2D eigenvalue weighted by Crippen LogP contribution is 2.32. The van der Waals surface area contributed by atoms with Gasteiger partial charge in [-0.05, 0) is 53.9 Å². The Bertz CT molecular complexity index is 436. The first-order valence-electron chi connectivity index (χ1n) is 6.96. The number of morpholine rings is 1. The fourth-order valence-electron chi connectivity index (χ4n) is 2.52. The second-order valence-electron chi connectivity index (χ2n) is 5.36. The molecule has 2 unspecified atom stereocenters. The van der Waals surface area contributed by atoms with Crippen molar-refractivity contribution in [2.24, 2.45) is 5.73 Å². The highest BCUT2D eigenvalue weighted by molar-refractivity contribution is 9.10. The van der Waals surface area contributed by atoms with E-state index in [-0.39, 0.29) is 12.1 Å². The molecule has 0 spiro atoms. The quantitative estimate of drug-likeness (QED) is 0.924. The van der Waals surface area contributed by atoms with Crippen molar-refractivity contribution in [1.82, 2.24) is 0 Å². The molecular weight excluding hydrogens is 304 g/mol. The molecule has 106 valence electrons. The van der Waals surface area contributed by atoms with Gasteiger partial charge < -0.3 is 15.4 Å². The lowest BCUT2D eigenvalue weighted by molar-refractivity contribution is 0.0299. The van der Waals surface area contributed by atoms with E-state index in [2.05, 4.69) is 52.9 Å². The molecule has 0 aromatic heterocycles. The molecule has 1 fully saturated rings. The number of nitrogens with two attached hydrogens (primary N) is 1. The number of rotatable bonds is 3. The molecule has 0 saturated carbocycles. The van der Waals surface area contributed by atoms with Crippen LogP contribution in [0.2, 0.25) is 0 Å². The van der Waals surface area contributed by atoms with Gasteiger partial charge in [0, 0.05) is 17.1 Å². The van der Waals surface area contributed by atoms with Crippen LogP contribution < -0.4 is 10.6 Å². The van der Waals surface area contributed by atoms with Gasteiger partial charge >= 0.3 is 0 Å². The van der Waals surface area contributed by atoms with Crippen LogP contribution in [0.25, 0.3) is 0 Å². The highest BCUT2D eigenvalue weighted by atomic mass is 79.9. The van der Waals surface area contributed by atoms with Crippen molar-refractivity contribution in [3.63, 3.8) is 0 Å². The van der Waals surface area contributed by atoms with Crippen molar-refractivity contribution in [2.75, 3.05) is 18.1 Å². The summed E-state index contributed by atoms with van der Waals surface area (Å²) in [6.45, 7) is 8.09. The van der Waals surface area contributed by atoms with Crippen LogP contribution >= 0.6 is 15.9 Å². The molecule has 3 nitrogen and oxygen atoms in total. The lowest BCUT2D eigenvalue weighted by Crippen LogP contribution is -2.48. The standard InChI is InChI=1S/C15H23BrN2O/c1-4-13-9-19-10(2)8-18(13)15-6-5-12(11(3)17)7-14(15)16/h5-7,10-11,13H,4,8-9,17H2,1-3H3/t10?,11-,13?/m0/s1. The number of benzene rings is 1.